The van der Waals surface area contributed by atoms with Crippen LogP contribution < -0.4 is 4.74 Å². The number of methoxy groups -OCH3 is 1. The second-order valence-electron chi connectivity index (χ2n) is 8.31. The van der Waals surface area contributed by atoms with Crippen LogP contribution in [0.5, 0.6) is 11.5 Å². The number of rotatable bonds is 12. The molecule has 1 aromatic carbocycles. The lowest BCUT2D eigenvalue weighted by atomic mass is 10.0. The highest BCUT2D eigenvalue weighted by Crippen LogP contribution is 2.30. The molecule has 0 bridgehead atoms. The summed E-state index contributed by atoms with van der Waals surface area (Å²) in [4.78, 5) is 29.0. The number of benzene rings is 1. The fourth-order valence-electron chi connectivity index (χ4n) is 3.79. The SMILES string of the molecule is CCCCCCCCN1C(=O)[C@H](CC(C)C)N(Cc2ccc(OC)cc2O)C1=O. The standard InChI is InChI=1S/C23H36N2O4/c1-5-6-7-8-9-10-13-24-22(27)20(14-17(2)3)25(23(24)28)16-18-11-12-19(29-4)15-21(18)26/h11-12,15,17,20,26H,5-10,13-14,16H2,1-4H3/t20-/m0/s1. The fourth-order valence-corrected chi connectivity index (χ4v) is 3.79. The lowest BCUT2D eigenvalue weighted by Gasteiger charge is -2.23. The van der Waals surface area contributed by atoms with Crippen LogP contribution in [0, 0.1) is 5.92 Å². The molecule has 0 radical (unpaired) electrons. The van der Waals surface area contributed by atoms with Gasteiger partial charge in [-0.25, -0.2) is 4.79 Å². The van der Waals surface area contributed by atoms with Gasteiger partial charge in [0, 0.05) is 18.2 Å². The number of unbranched alkanes of at least 4 members (excludes halogenated alkanes) is 5. The maximum absolute atomic E-state index is 13.0. The van der Waals surface area contributed by atoms with Crippen LogP contribution in [0.1, 0.15) is 71.3 Å². The summed E-state index contributed by atoms with van der Waals surface area (Å²) < 4.78 is 5.13. The van der Waals surface area contributed by atoms with E-state index in [0.717, 1.165) is 19.3 Å². The van der Waals surface area contributed by atoms with Crippen LogP contribution in [-0.4, -0.2) is 46.5 Å². The van der Waals surface area contributed by atoms with Crippen LogP contribution in [0.2, 0.25) is 0 Å². The smallest absolute Gasteiger partial charge is 0.327 e. The first kappa shape index (κ1) is 23.0. The number of imide groups is 1. The Labute approximate surface area is 174 Å². The summed E-state index contributed by atoms with van der Waals surface area (Å²) in [5.41, 5.74) is 0.613. The number of carbonyl (C=O) groups excluding carboxylic acids is 2. The van der Waals surface area contributed by atoms with Gasteiger partial charge in [0.25, 0.3) is 5.91 Å². The number of hydrogen-bond acceptors (Lipinski definition) is 4. The Morgan fingerprint density at radius 3 is 2.41 bits per heavy atom. The van der Waals surface area contributed by atoms with E-state index in [2.05, 4.69) is 20.8 Å². The minimum Gasteiger partial charge on any atom is -0.507 e. The number of phenolic OH excluding ortho intramolecular Hbond substituents is 1. The van der Waals surface area contributed by atoms with Gasteiger partial charge in [-0.3, -0.25) is 9.69 Å². The van der Waals surface area contributed by atoms with E-state index in [1.807, 2.05) is 0 Å². The largest absolute Gasteiger partial charge is 0.507 e. The molecule has 1 aromatic rings. The van der Waals surface area contributed by atoms with E-state index in [-0.39, 0.29) is 30.2 Å². The third-order valence-corrected chi connectivity index (χ3v) is 5.47. The molecule has 2 rings (SSSR count). The molecule has 1 fully saturated rings. The number of amides is 3. The molecule has 162 valence electrons. The van der Waals surface area contributed by atoms with Crippen LogP contribution in [0.25, 0.3) is 0 Å². The predicted octanol–water partition coefficient (Wildman–Crippen LogP) is 4.94. The molecule has 0 aromatic heterocycles. The van der Waals surface area contributed by atoms with Crippen molar-refractivity contribution in [3.05, 3.63) is 23.8 Å². The van der Waals surface area contributed by atoms with E-state index in [9.17, 15) is 14.7 Å². The summed E-state index contributed by atoms with van der Waals surface area (Å²) in [5, 5.41) is 10.3. The zero-order valence-electron chi connectivity index (χ0n) is 18.3. The van der Waals surface area contributed by atoms with Gasteiger partial charge in [0.2, 0.25) is 0 Å². The van der Waals surface area contributed by atoms with Crippen molar-refractivity contribution in [2.75, 3.05) is 13.7 Å². The van der Waals surface area contributed by atoms with Crippen molar-refractivity contribution < 1.29 is 19.4 Å². The Morgan fingerprint density at radius 1 is 1.10 bits per heavy atom. The highest BCUT2D eigenvalue weighted by atomic mass is 16.5. The molecule has 29 heavy (non-hydrogen) atoms. The Hall–Kier alpha value is -2.24. The Kier molecular flexibility index (Phi) is 8.80. The molecule has 1 atom stereocenters. The monoisotopic (exact) mass is 404 g/mol. The molecule has 0 saturated carbocycles. The summed E-state index contributed by atoms with van der Waals surface area (Å²) in [6.45, 7) is 6.98. The number of carbonyl (C=O) groups is 2. The van der Waals surface area contributed by atoms with Gasteiger partial charge in [0.15, 0.2) is 0 Å². The maximum atomic E-state index is 13.0. The Balaban J connectivity index is 2.08. The molecule has 0 spiro atoms. The van der Waals surface area contributed by atoms with E-state index >= 15 is 0 Å². The first-order chi connectivity index (χ1) is 13.9. The highest BCUT2D eigenvalue weighted by Gasteiger charge is 2.44. The van der Waals surface area contributed by atoms with Crippen molar-refractivity contribution in [3.8, 4) is 11.5 Å². The molecule has 1 aliphatic rings. The van der Waals surface area contributed by atoms with Gasteiger partial charge < -0.3 is 14.7 Å². The zero-order valence-corrected chi connectivity index (χ0v) is 18.3. The molecule has 3 amide bonds. The van der Waals surface area contributed by atoms with Crippen LogP contribution in [0.4, 0.5) is 4.79 Å². The van der Waals surface area contributed by atoms with E-state index in [1.54, 1.807) is 17.0 Å². The quantitative estimate of drug-likeness (QED) is 0.396. The highest BCUT2D eigenvalue weighted by molar-refractivity contribution is 6.04. The first-order valence-corrected chi connectivity index (χ1v) is 10.9. The van der Waals surface area contributed by atoms with Gasteiger partial charge in [0.1, 0.15) is 17.5 Å². The summed E-state index contributed by atoms with van der Waals surface area (Å²) in [7, 11) is 1.54. The second kappa shape index (κ2) is 11.1. The average molecular weight is 405 g/mol. The van der Waals surface area contributed by atoms with Gasteiger partial charge in [-0.1, -0.05) is 52.9 Å². The van der Waals surface area contributed by atoms with Crippen molar-refractivity contribution in [2.45, 2.75) is 78.3 Å². The van der Waals surface area contributed by atoms with E-state index < -0.39 is 6.04 Å². The summed E-state index contributed by atoms with van der Waals surface area (Å²) >= 11 is 0. The van der Waals surface area contributed by atoms with Crippen LogP contribution >= 0.6 is 0 Å². The molecule has 1 heterocycles. The normalized spacial score (nSPS) is 16.9. The van der Waals surface area contributed by atoms with Crippen LogP contribution in [0.15, 0.2) is 18.2 Å². The molecular weight excluding hydrogens is 368 g/mol. The molecule has 1 saturated heterocycles. The Bertz CT molecular complexity index is 689. The van der Waals surface area contributed by atoms with E-state index in [4.69, 9.17) is 4.74 Å². The Morgan fingerprint density at radius 2 is 1.79 bits per heavy atom. The number of nitrogens with zero attached hydrogens (tertiary/aromatic N) is 2. The van der Waals surface area contributed by atoms with Crippen molar-refractivity contribution >= 4 is 11.9 Å². The summed E-state index contributed by atoms with van der Waals surface area (Å²) in [5.74, 6) is 0.809. The number of ether oxygens (including phenoxy) is 1. The third kappa shape index (κ3) is 6.12. The number of phenols is 1. The summed E-state index contributed by atoms with van der Waals surface area (Å²) in [6.07, 6.45) is 7.28. The molecule has 6 nitrogen and oxygen atoms in total. The maximum Gasteiger partial charge on any atom is 0.327 e. The average Bonchev–Trinajstić information content (AvgIpc) is 2.89. The van der Waals surface area contributed by atoms with Crippen LogP contribution in [-0.2, 0) is 11.3 Å². The predicted molar refractivity (Wildman–Crippen MR) is 114 cm³/mol. The molecule has 0 unspecified atom stereocenters. The van der Waals surface area contributed by atoms with Gasteiger partial charge in [-0.05, 0) is 30.9 Å². The zero-order chi connectivity index (χ0) is 21.4. The van der Waals surface area contributed by atoms with Crippen molar-refractivity contribution in [1.29, 1.82) is 0 Å². The lowest BCUT2D eigenvalue weighted by Crippen LogP contribution is -2.35. The first-order valence-electron chi connectivity index (χ1n) is 10.9. The van der Waals surface area contributed by atoms with Gasteiger partial charge in [0.05, 0.1) is 13.7 Å². The molecule has 1 aliphatic heterocycles. The van der Waals surface area contributed by atoms with E-state index in [1.165, 1.54) is 37.3 Å². The minimum absolute atomic E-state index is 0.0715. The van der Waals surface area contributed by atoms with Gasteiger partial charge in [-0.15, -0.1) is 0 Å². The van der Waals surface area contributed by atoms with Crippen molar-refractivity contribution in [2.24, 2.45) is 5.92 Å². The van der Waals surface area contributed by atoms with Gasteiger partial charge >= 0.3 is 6.03 Å². The van der Waals surface area contributed by atoms with Crippen molar-refractivity contribution in [1.82, 2.24) is 9.80 Å². The van der Waals surface area contributed by atoms with Crippen molar-refractivity contribution in [3.63, 3.8) is 0 Å². The second-order valence-corrected chi connectivity index (χ2v) is 8.31. The molecule has 0 aliphatic carbocycles. The van der Waals surface area contributed by atoms with E-state index in [0.29, 0.717) is 24.3 Å². The lowest BCUT2D eigenvalue weighted by molar-refractivity contribution is -0.128. The van der Waals surface area contributed by atoms with Crippen LogP contribution in [0.3, 0.4) is 0 Å². The number of hydrogen-bond donors (Lipinski definition) is 1. The molecular formula is C23H36N2O4. The number of aromatic hydroxyl groups is 1. The molecule has 6 heteroatoms. The topological polar surface area (TPSA) is 70.1 Å². The minimum atomic E-state index is -0.468. The third-order valence-electron chi connectivity index (χ3n) is 5.47. The fraction of sp³-hybridized carbons (Fsp3) is 0.652. The molecule has 1 N–H and O–H groups in total. The van der Waals surface area contributed by atoms with Gasteiger partial charge in [-0.2, -0.15) is 0 Å². The number of urea groups is 1. The summed E-state index contributed by atoms with van der Waals surface area (Å²) in [6, 6.07) is 4.31.